The van der Waals surface area contributed by atoms with Gasteiger partial charge in [0, 0.05) is 5.69 Å². The molecule has 1 unspecified atom stereocenters. The summed E-state index contributed by atoms with van der Waals surface area (Å²) >= 11 is 0. The van der Waals surface area contributed by atoms with E-state index >= 15 is 0 Å². The van der Waals surface area contributed by atoms with Crippen LogP contribution in [-0.4, -0.2) is 24.1 Å². The minimum absolute atomic E-state index is 0.176. The molecule has 0 fully saturated rings. The van der Waals surface area contributed by atoms with E-state index in [0.717, 1.165) is 11.1 Å². The number of benzene rings is 2. The molecule has 1 atom stereocenters. The van der Waals surface area contributed by atoms with Gasteiger partial charge in [-0.25, -0.2) is 4.79 Å². The molecule has 2 rings (SSSR count). The Labute approximate surface area is 154 Å². The van der Waals surface area contributed by atoms with Crippen LogP contribution in [0.25, 0.3) is 0 Å². The van der Waals surface area contributed by atoms with E-state index in [1.807, 2.05) is 32.0 Å². The lowest BCUT2D eigenvalue weighted by molar-refractivity contribution is -0.122. The first-order valence-electron chi connectivity index (χ1n) is 8.61. The molecule has 1 N–H and O–H groups in total. The highest BCUT2D eigenvalue weighted by Crippen LogP contribution is 2.18. The van der Waals surface area contributed by atoms with Crippen molar-refractivity contribution in [3.05, 3.63) is 59.2 Å². The molecule has 2 aromatic rings. The van der Waals surface area contributed by atoms with Gasteiger partial charge in [-0.15, -0.1) is 0 Å². The molecule has 138 valence electrons. The van der Waals surface area contributed by atoms with Crippen molar-refractivity contribution in [1.29, 1.82) is 0 Å². The van der Waals surface area contributed by atoms with Crippen LogP contribution in [0, 0.1) is 13.8 Å². The highest BCUT2D eigenvalue weighted by molar-refractivity contribution is 5.95. The minimum Gasteiger partial charge on any atom is -0.481 e. The minimum atomic E-state index is -0.651. The van der Waals surface area contributed by atoms with Crippen molar-refractivity contribution in [1.82, 2.24) is 0 Å². The number of ether oxygens (including phenoxy) is 2. The van der Waals surface area contributed by atoms with Gasteiger partial charge in [0.1, 0.15) is 5.75 Å². The fraction of sp³-hybridized carbons (Fsp3) is 0.333. The van der Waals surface area contributed by atoms with Crippen molar-refractivity contribution in [2.75, 3.05) is 5.32 Å². The summed E-state index contributed by atoms with van der Waals surface area (Å²) in [5.41, 5.74) is 3.19. The Hall–Kier alpha value is -2.82. The average molecular weight is 355 g/mol. The second-order valence-electron chi connectivity index (χ2n) is 6.60. The zero-order valence-corrected chi connectivity index (χ0v) is 15.8. The van der Waals surface area contributed by atoms with Crippen molar-refractivity contribution >= 4 is 17.6 Å². The summed E-state index contributed by atoms with van der Waals surface area (Å²) in [7, 11) is 0. The molecule has 5 nitrogen and oxygen atoms in total. The maximum atomic E-state index is 12.3. The topological polar surface area (TPSA) is 64.6 Å². The van der Waals surface area contributed by atoms with Crippen molar-refractivity contribution in [2.45, 2.75) is 46.8 Å². The van der Waals surface area contributed by atoms with E-state index < -0.39 is 6.10 Å². The van der Waals surface area contributed by atoms with Crippen LogP contribution in [0.2, 0.25) is 0 Å². The van der Waals surface area contributed by atoms with E-state index in [1.165, 1.54) is 0 Å². The van der Waals surface area contributed by atoms with Crippen LogP contribution in [0.4, 0.5) is 5.69 Å². The first-order valence-corrected chi connectivity index (χ1v) is 8.61. The third-order valence-corrected chi connectivity index (χ3v) is 3.61. The van der Waals surface area contributed by atoms with Crippen molar-refractivity contribution in [3.8, 4) is 5.75 Å². The predicted octanol–water partition coefficient (Wildman–Crippen LogP) is 4.27. The van der Waals surface area contributed by atoms with Crippen LogP contribution in [0.3, 0.4) is 0 Å². The maximum absolute atomic E-state index is 12.3. The van der Waals surface area contributed by atoms with Crippen molar-refractivity contribution in [3.63, 3.8) is 0 Å². The summed E-state index contributed by atoms with van der Waals surface area (Å²) in [6.45, 7) is 9.25. The van der Waals surface area contributed by atoms with Gasteiger partial charge in [-0.2, -0.15) is 0 Å². The zero-order valence-electron chi connectivity index (χ0n) is 15.8. The SMILES string of the molecule is Cc1cc(C)cc(OC(C)C(=O)Nc2ccc(C(=O)OC(C)C)cc2)c1. The summed E-state index contributed by atoms with van der Waals surface area (Å²) in [5, 5.41) is 2.78. The molecule has 2 aromatic carbocycles. The molecule has 0 aliphatic rings. The Morgan fingerprint density at radius 2 is 1.50 bits per heavy atom. The predicted molar refractivity (Wildman–Crippen MR) is 102 cm³/mol. The largest absolute Gasteiger partial charge is 0.481 e. The van der Waals surface area contributed by atoms with E-state index in [1.54, 1.807) is 45.0 Å². The van der Waals surface area contributed by atoms with Gasteiger partial charge in [-0.1, -0.05) is 6.07 Å². The standard InChI is InChI=1S/C21H25NO4/c1-13(2)25-21(24)17-6-8-18(9-7-17)22-20(23)16(5)26-19-11-14(3)10-15(4)12-19/h6-13,16H,1-5H3,(H,22,23). The van der Waals surface area contributed by atoms with Crippen LogP contribution in [-0.2, 0) is 9.53 Å². The molecule has 1 amide bonds. The van der Waals surface area contributed by atoms with Gasteiger partial charge in [-0.05, 0) is 82.1 Å². The molecule has 0 aliphatic heterocycles. The number of amides is 1. The van der Waals surface area contributed by atoms with Gasteiger partial charge in [0.25, 0.3) is 5.91 Å². The van der Waals surface area contributed by atoms with Crippen LogP contribution < -0.4 is 10.1 Å². The first kappa shape index (κ1) is 19.5. The highest BCUT2D eigenvalue weighted by Gasteiger charge is 2.16. The summed E-state index contributed by atoms with van der Waals surface area (Å²) in [4.78, 5) is 24.1. The van der Waals surface area contributed by atoms with Gasteiger partial charge >= 0.3 is 5.97 Å². The molecular weight excluding hydrogens is 330 g/mol. The Morgan fingerprint density at radius 1 is 0.923 bits per heavy atom. The number of aryl methyl sites for hydroxylation is 2. The van der Waals surface area contributed by atoms with Crippen LogP contribution in [0.15, 0.2) is 42.5 Å². The summed E-state index contributed by atoms with van der Waals surface area (Å²) in [6, 6.07) is 12.4. The number of esters is 1. The number of hydrogen-bond donors (Lipinski definition) is 1. The third-order valence-electron chi connectivity index (χ3n) is 3.61. The Morgan fingerprint density at radius 3 is 2.04 bits per heavy atom. The zero-order chi connectivity index (χ0) is 19.3. The highest BCUT2D eigenvalue weighted by atomic mass is 16.5. The monoisotopic (exact) mass is 355 g/mol. The smallest absolute Gasteiger partial charge is 0.338 e. The molecule has 0 aliphatic carbocycles. The fourth-order valence-electron chi connectivity index (χ4n) is 2.47. The molecule has 0 radical (unpaired) electrons. The Kier molecular flexibility index (Phi) is 6.39. The van der Waals surface area contributed by atoms with Crippen LogP contribution in [0.1, 0.15) is 42.3 Å². The van der Waals surface area contributed by atoms with Crippen LogP contribution >= 0.6 is 0 Å². The second-order valence-corrected chi connectivity index (χ2v) is 6.60. The molecule has 0 bridgehead atoms. The lowest BCUT2D eigenvalue weighted by Crippen LogP contribution is -2.30. The third kappa shape index (κ3) is 5.62. The molecular formula is C21H25NO4. The molecule has 5 heteroatoms. The number of carbonyl (C=O) groups is 2. The van der Waals surface area contributed by atoms with E-state index in [9.17, 15) is 9.59 Å². The number of anilines is 1. The lowest BCUT2D eigenvalue weighted by atomic mass is 10.1. The first-order chi connectivity index (χ1) is 12.2. The van der Waals surface area contributed by atoms with Gasteiger partial charge in [-0.3, -0.25) is 4.79 Å². The molecule has 0 spiro atoms. The fourth-order valence-corrected chi connectivity index (χ4v) is 2.47. The van der Waals surface area contributed by atoms with Gasteiger partial charge in [0.05, 0.1) is 11.7 Å². The average Bonchev–Trinajstić information content (AvgIpc) is 2.53. The van der Waals surface area contributed by atoms with E-state index in [2.05, 4.69) is 5.32 Å². The number of rotatable bonds is 6. The number of nitrogens with one attached hydrogen (secondary N) is 1. The van der Waals surface area contributed by atoms with E-state index in [-0.39, 0.29) is 18.0 Å². The van der Waals surface area contributed by atoms with E-state index in [4.69, 9.17) is 9.47 Å². The molecule has 0 aromatic heterocycles. The molecule has 0 heterocycles. The van der Waals surface area contributed by atoms with E-state index in [0.29, 0.717) is 17.0 Å². The Bertz CT molecular complexity index is 761. The van der Waals surface area contributed by atoms with Gasteiger partial charge < -0.3 is 14.8 Å². The van der Waals surface area contributed by atoms with Crippen molar-refractivity contribution in [2.24, 2.45) is 0 Å². The lowest BCUT2D eigenvalue weighted by Gasteiger charge is -2.16. The van der Waals surface area contributed by atoms with Crippen molar-refractivity contribution < 1.29 is 19.1 Å². The quantitative estimate of drug-likeness (QED) is 0.786. The molecule has 0 saturated heterocycles. The number of carbonyl (C=O) groups excluding carboxylic acids is 2. The second kappa shape index (κ2) is 8.52. The molecule has 0 saturated carbocycles. The summed E-state index contributed by atoms with van der Waals surface area (Å²) in [5.74, 6) is 0.0167. The normalized spacial score (nSPS) is 11.8. The van der Waals surface area contributed by atoms with Gasteiger partial charge in [0.15, 0.2) is 6.10 Å². The maximum Gasteiger partial charge on any atom is 0.338 e. The Balaban J connectivity index is 1.97. The van der Waals surface area contributed by atoms with Gasteiger partial charge in [0.2, 0.25) is 0 Å². The summed E-state index contributed by atoms with van der Waals surface area (Å²) in [6.07, 6.45) is -0.827. The summed E-state index contributed by atoms with van der Waals surface area (Å²) < 4.78 is 10.9. The molecule has 26 heavy (non-hydrogen) atoms. The number of hydrogen-bond acceptors (Lipinski definition) is 4. The van der Waals surface area contributed by atoms with Crippen LogP contribution in [0.5, 0.6) is 5.75 Å².